The Kier molecular flexibility index (Phi) is 5.34. The van der Waals surface area contributed by atoms with Crippen LogP contribution in [-0.4, -0.2) is 62.6 Å². The Balaban J connectivity index is 1.58. The van der Waals surface area contributed by atoms with E-state index in [4.69, 9.17) is 0 Å². The number of aryl methyl sites for hydroxylation is 1. The van der Waals surface area contributed by atoms with Crippen molar-refractivity contribution in [2.75, 3.05) is 25.1 Å². The van der Waals surface area contributed by atoms with Crippen LogP contribution in [0.1, 0.15) is 44.3 Å². The monoisotopic (exact) mass is 352 g/mol. The molecule has 2 aliphatic heterocycles. The first-order valence-electron chi connectivity index (χ1n) is 8.70. The van der Waals surface area contributed by atoms with Gasteiger partial charge in [-0.15, -0.1) is 10.2 Å². The molecule has 1 saturated heterocycles. The summed E-state index contributed by atoms with van der Waals surface area (Å²) in [6, 6.07) is 0.296. The molecule has 3 rings (SSSR count). The molecule has 0 aromatic carbocycles. The maximum Gasteiger partial charge on any atom is 0.191 e. The Bertz CT molecular complexity index is 593. The number of hydrogen-bond donors (Lipinski definition) is 3. The molecule has 134 valence electrons. The molecule has 0 aliphatic carbocycles. The van der Waals surface area contributed by atoms with Crippen LogP contribution in [0.25, 0.3) is 0 Å². The van der Waals surface area contributed by atoms with E-state index >= 15 is 0 Å². The first kappa shape index (κ1) is 17.5. The quantitative estimate of drug-likeness (QED) is 0.547. The van der Waals surface area contributed by atoms with Crippen LogP contribution < -0.4 is 10.6 Å². The van der Waals surface area contributed by atoms with E-state index in [1.165, 1.54) is 0 Å². The Hall–Kier alpha value is -1.28. The lowest BCUT2D eigenvalue weighted by Crippen LogP contribution is -2.51. The fraction of sp³-hybridized carbons (Fsp3) is 0.812. The SMILES string of the molecule is CN=C(NCC1(O)CCSC1)NC1CCc2nnc(C(C)C)n2C1. The van der Waals surface area contributed by atoms with Crippen molar-refractivity contribution in [1.82, 2.24) is 25.4 Å². The van der Waals surface area contributed by atoms with Crippen LogP contribution in [0.2, 0.25) is 0 Å². The van der Waals surface area contributed by atoms with Crippen molar-refractivity contribution >= 4 is 17.7 Å². The molecular formula is C16H28N6OS. The van der Waals surface area contributed by atoms with Gasteiger partial charge in [0.1, 0.15) is 11.6 Å². The Labute approximate surface area is 147 Å². The number of nitrogens with zero attached hydrogens (tertiary/aromatic N) is 4. The lowest BCUT2D eigenvalue weighted by atomic mass is 10.0. The van der Waals surface area contributed by atoms with Gasteiger partial charge in [0.05, 0.1) is 5.60 Å². The molecule has 0 spiro atoms. The van der Waals surface area contributed by atoms with Crippen LogP contribution >= 0.6 is 11.8 Å². The predicted molar refractivity (Wildman–Crippen MR) is 97.6 cm³/mol. The zero-order valence-corrected chi connectivity index (χ0v) is 15.6. The normalized spacial score (nSPS) is 27.4. The van der Waals surface area contributed by atoms with Crippen molar-refractivity contribution in [2.24, 2.45) is 4.99 Å². The standard InChI is InChI=1S/C16H28N6OS/c1-11(2)14-21-20-13-5-4-12(8-22(13)14)19-15(17-3)18-9-16(23)6-7-24-10-16/h11-12,23H,4-10H2,1-3H3,(H2,17,18,19). The molecule has 1 fully saturated rings. The smallest absolute Gasteiger partial charge is 0.191 e. The molecule has 2 unspecified atom stereocenters. The van der Waals surface area contributed by atoms with Gasteiger partial charge in [-0.25, -0.2) is 0 Å². The van der Waals surface area contributed by atoms with Crippen molar-refractivity contribution in [3.63, 3.8) is 0 Å². The first-order valence-corrected chi connectivity index (χ1v) is 9.85. The molecule has 3 heterocycles. The molecular weight excluding hydrogens is 324 g/mol. The van der Waals surface area contributed by atoms with E-state index in [9.17, 15) is 5.11 Å². The Morgan fingerprint density at radius 2 is 2.33 bits per heavy atom. The van der Waals surface area contributed by atoms with Crippen LogP contribution in [0.15, 0.2) is 4.99 Å². The van der Waals surface area contributed by atoms with Crippen molar-refractivity contribution in [3.05, 3.63) is 11.6 Å². The van der Waals surface area contributed by atoms with E-state index in [2.05, 4.69) is 44.2 Å². The van der Waals surface area contributed by atoms with Crippen molar-refractivity contribution in [3.8, 4) is 0 Å². The maximum atomic E-state index is 10.5. The van der Waals surface area contributed by atoms with Crippen LogP contribution in [0.3, 0.4) is 0 Å². The van der Waals surface area contributed by atoms with Gasteiger partial charge in [-0.05, 0) is 18.6 Å². The summed E-state index contributed by atoms with van der Waals surface area (Å²) < 4.78 is 2.24. The summed E-state index contributed by atoms with van der Waals surface area (Å²) in [7, 11) is 1.77. The number of rotatable bonds is 4. The van der Waals surface area contributed by atoms with Gasteiger partial charge >= 0.3 is 0 Å². The summed E-state index contributed by atoms with van der Waals surface area (Å²) in [5.41, 5.74) is -0.610. The molecule has 3 N–H and O–H groups in total. The second-order valence-electron chi connectivity index (χ2n) is 7.07. The first-order chi connectivity index (χ1) is 11.5. The van der Waals surface area contributed by atoms with E-state index in [1.807, 2.05) is 0 Å². The fourth-order valence-corrected chi connectivity index (χ4v) is 4.56. The lowest BCUT2D eigenvalue weighted by Gasteiger charge is -2.29. The number of hydrogen-bond acceptors (Lipinski definition) is 5. The number of thioether (sulfide) groups is 1. The number of guanidine groups is 1. The summed E-state index contributed by atoms with van der Waals surface area (Å²) in [6.45, 7) is 5.70. The summed E-state index contributed by atoms with van der Waals surface area (Å²) in [6.07, 6.45) is 2.78. The highest BCUT2D eigenvalue weighted by molar-refractivity contribution is 7.99. The highest BCUT2D eigenvalue weighted by Crippen LogP contribution is 2.27. The zero-order chi connectivity index (χ0) is 17.2. The van der Waals surface area contributed by atoms with Crippen LogP contribution in [0.5, 0.6) is 0 Å². The minimum absolute atomic E-state index is 0.296. The zero-order valence-electron chi connectivity index (χ0n) is 14.7. The average molecular weight is 353 g/mol. The van der Waals surface area contributed by atoms with Gasteiger partial charge in [0.15, 0.2) is 5.96 Å². The van der Waals surface area contributed by atoms with Gasteiger partial charge in [0.2, 0.25) is 0 Å². The van der Waals surface area contributed by atoms with Crippen LogP contribution in [-0.2, 0) is 13.0 Å². The van der Waals surface area contributed by atoms with Crippen molar-refractivity contribution in [2.45, 2.75) is 57.2 Å². The summed E-state index contributed by atoms with van der Waals surface area (Å²) in [4.78, 5) is 4.31. The van der Waals surface area contributed by atoms with E-state index < -0.39 is 5.60 Å². The Morgan fingerprint density at radius 1 is 1.50 bits per heavy atom. The van der Waals surface area contributed by atoms with Gasteiger partial charge in [0, 0.05) is 44.3 Å². The number of nitrogens with one attached hydrogen (secondary N) is 2. The fourth-order valence-electron chi connectivity index (χ4n) is 3.27. The molecule has 24 heavy (non-hydrogen) atoms. The number of aromatic nitrogens is 3. The largest absolute Gasteiger partial charge is 0.387 e. The van der Waals surface area contributed by atoms with E-state index in [-0.39, 0.29) is 0 Å². The van der Waals surface area contributed by atoms with E-state index in [0.29, 0.717) is 18.5 Å². The molecule has 1 aromatic heterocycles. The lowest BCUT2D eigenvalue weighted by molar-refractivity contribution is 0.0723. The van der Waals surface area contributed by atoms with Gasteiger partial charge in [-0.2, -0.15) is 11.8 Å². The third kappa shape index (κ3) is 3.85. The molecule has 0 radical (unpaired) electrons. The minimum Gasteiger partial charge on any atom is -0.387 e. The summed E-state index contributed by atoms with van der Waals surface area (Å²) >= 11 is 1.81. The van der Waals surface area contributed by atoms with Gasteiger partial charge in [0.25, 0.3) is 0 Å². The molecule has 0 bridgehead atoms. The number of fused-ring (bicyclic) bond motifs is 1. The second kappa shape index (κ2) is 7.31. The summed E-state index contributed by atoms with van der Waals surface area (Å²) in [5, 5.41) is 25.9. The van der Waals surface area contributed by atoms with E-state index in [0.717, 1.165) is 54.9 Å². The average Bonchev–Trinajstić information content (AvgIpc) is 3.17. The summed E-state index contributed by atoms with van der Waals surface area (Å²) in [5.74, 6) is 5.09. The molecule has 1 aromatic rings. The molecule has 2 aliphatic rings. The third-order valence-electron chi connectivity index (χ3n) is 4.72. The molecule has 2 atom stereocenters. The third-order valence-corrected chi connectivity index (χ3v) is 5.96. The van der Waals surface area contributed by atoms with Crippen molar-refractivity contribution < 1.29 is 5.11 Å². The van der Waals surface area contributed by atoms with Gasteiger partial charge in [-0.1, -0.05) is 13.8 Å². The highest BCUT2D eigenvalue weighted by Gasteiger charge is 2.32. The molecule has 0 saturated carbocycles. The Morgan fingerprint density at radius 3 is 3.00 bits per heavy atom. The van der Waals surface area contributed by atoms with Gasteiger partial charge in [-0.3, -0.25) is 4.99 Å². The van der Waals surface area contributed by atoms with Crippen molar-refractivity contribution in [1.29, 1.82) is 0 Å². The van der Waals surface area contributed by atoms with E-state index in [1.54, 1.807) is 18.8 Å². The van der Waals surface area contributed by atoms with Gasteiger partial charge < -0.3 is 20.3 Å². The van der Waals surface area contributed by atoms with Crippen LogP contribution in [0, 0.1) is 0 Å². The number of aliphatic hydroxyl groups is 1. The number of aliphatic imine (C=N–C) groups is 1. The highest BCUT2D eigenvalue weighted by atomic mass is 32.2. The van der Waals surface area contributed by atoms with Crippen LogP contribution in [0.4, 0.5) is 0 Å². The minimum atomic E-state index is -0.610. The molecule has 0 amide bonds. The topological polar surface area (TPSA) is 87.4 Å². The molecule has 7 nitrogen and oxygen atoms in total. The predicted octanol–water partition coefficient (Wildman–Crippen LogP) is 0.749. The molecule has 8 heteroatoms. The second-order valence-corrected chi connectivity index (χ2v) is 8.18. The maximum absolute atomic E-state index is 10.5.